The van der Waals surface area contributed by atoms with Crippen LogP contribution in [0.2, 0.25) is 0 Å². The van der Waals surface area contributed by atoms with E-state index in [1.807, 2.05) is 0 Å². The van der Waals surface area contributed by atoms with Gasteiger partial charge in [0.25, 0.3) is 0 Å². The Hall–Kier alpha value is -4.86. The van der Waals surface area contributed by atoms with Crippen LogP contribution < -0.4 is 0 Å². The molecule has 191 valence electrons. The van der Waals surface area contributed by atoms with Crippen molar-refractivity contribution < 1.29 is 55.3 Å². The van der Waals surface area contributed by atoms with Gasteiger partial charge in [-0.3, -0.25) is 19.6 Å². The Bertz CT molecular complexity index is 1310. The van der Waals surface area contributed by atoms with Gasteiger partial charge in [-0.2, -0.15) is 0 Å². The molecule has 11 heteroatoms. The number of aromatic carboxylic acids is 2. The van der Waals surface area contributed by atoms with Crippen molar-refractivity contribution in [2.24, 2.45) is 9.98 Å². The molecule has 2 heterocycles. The summed E-state index contributed by atoms with van der Waals surface area (Å²) in [5.74, 6) is -2.69. The second kappa shape index (κ2) is 13.9. The normalized spacial score (nSPS) is 10.4. The van der Waals surface area contributed by atoms with Crippen molar-refractivity contribution in [3.05, 3.63) is 108 Å². The number of hydrogen-bond acceptors (Lipinski definition) is 8. The molecule has 2 N–H and O–H groups in total. The zero-order chi connectivity index (χ0) is 25.9. The number of ketones is 2. The summed E-state index contributed by atoms with van der Waals surface area (Å²) >= 11 is 0. The van der Waals surface area contributed by atoms with Crippen LogP contribution in [0.5, 0.6) is 0 Å². The van der Waals surface area contributed by atoms with Gasteiger partial charge in [-0.1, -0.05) is 24.3 Å². The van der Waals surface area contributed by atoms with Gasteiger partial charge in [-0.25, -0.2) is 9.59 Å². The molecule has 4 aromatic rings. The van der Waals surface area contributed by atoms with Crippen LogP contribution in [0.4, 0.5) is 11.4 Å². The quantitative estimate of drug-likeness (QED) is 0.174. The average Bonchev–Trinajstić information content (AvgIpc) is 3.61. The zero-order valence-corrected chi connectivity index (χ0v) is 19.7. The minimum Gasteiger partial charge on any atom is -0.478 e. The van der Waals surface area contributed by atoms with Crippen LogP contribution in [0.15, 0.2) is 104 Å². The van der Waals surface area contributed by atoms with Crippen LogP contribution in [0.1, 0.15) is 41.8 Å². The molecule has 37 heavy (non-hydrogen) atoms. The summed E-state index contributed by atoms with van der Waals surface area (Å²) in [7, 11) is 0. The fourth-order valence-electron chi connectivity index (χ4n) is 2.76. The molecular weight excluding hydrogens is 532 g/mol. The molecule has 0 unspecified atom stereocenters. The SMILES string of the molecule is O=C(C=Nc1ccccc1C(=O)O)c1ccco1.O=C(C=Nc1ccccc1C(=O)O)c1ccco1.[Cu]. The molecule has 4 rings (SSSR count). The minimum absolute atomic E-state index is 0. The van der Waals surface area contributed by atoms with Crippen LogP contribution in [-0.4, -0.2) is 46.1 Å². The molecule has 0 fully saturated rings. The Kier molecular flexibility index (Phi) is 10.6. The maximum atomic E-state index is 11.6. The largest absolute Gasteiger partial charge is 0.478 e. The summed E-state index contributed by atoms with van der Waals surface area (Å²) in [4.78, 5) is 52.7. The van der Waals surface area contributed by atoms with Crippen molar-refractivity contribution in [3.63, 3.8) is 0 Å². The molecule has 0 amide bonds. The smallest absolute Gasteiger partial charge is 0.337 e. The van der Waals surface area contributed by atoms with E-state index in [0.717, 1.165) is 12.4 Å². The van der Waals surface area contributed by atoms with Gasteiger partial charge in [0.1, 0.15) is 0 Å². The maximum Gasteiger partial charge on any atom is 0.337 e. The average molecular weight is 550 g/mol. The second-order valence-corrected chi connectivity index (χ2v) is 6.84. The van der Waals surface area contributed by atoms with Crippen LogP contribution in [0, 0.1) is 0 Å². The van der Waals surface area contributed by atoms with Crippen LogP contribution >= 0.6 is 0 Å². The molecule has 10 nitrogen and oxygen atoms in total. The maximum absolute atomic E-state index is 11.6. The van der Waals surface area contributed by atoms with Crippen molar-refractivity contribution in [2.75, 3.05) is 0 Å². The van der Waals surface area contributed by atoms with Crippen molar-refractivity contribution >= 4 is 47.3 Å². The number of furan rings is 2. The molecular formula is C26H18CuN2O8. The van der Waals surface area contributed by atoms with Gasteiger partial charge >= 0.3 is 11.9 Å². The van der Waals surface area contributed by atoms with Crippen LogP contribution in [0.3, 0.4) is 0 Å². The number of Topliss-reactive ketones (excluding diaryl/α,β-unsaturated/α-hetero) is 2. The van der Waals surface area contributed by atoms with E-state index in [0.29, 0.717) is 0 Å². The molecule has 0 spiro atoms. The molecule has 0 aliphatic rings. The van der Waals surface area contributed by atoms with Crippen LogP contribution in [-0.2, 0) is 17.1 Å². The molecule has 0 saturated heterocycles. The molecule has 2 aromatic heterocycles. The van der Waals surface area contributed by atoms with E-state index in [4.69, 9.17) is 19.0 Å². The third-order valence-electron chi connectivity index (χ3n) is 4.44. The topological polar surface area (TPSA) is 160 Å². The number of nitrogens with zero attached hydrogens (tertiary/aromatic N) is 2. The van der Waals surface area contributed by atoms with Gasteiger partial charge < -0.3 is 19.0 Å². The standard InChI is InChI=1S/2C13H9NO4.Cu/c2*15-11(12-6-3-7-18-12)8-14-10-5-2-1-4-9(10)13(16)17;/h2*1-8H,(H,16,17);. The molecule has 0 saturated carbocycles. The number of para-hydroxylation sites is 2. The van der Waals surface area contributed by atoms with Crippen molar-refractivity contribution in [3.8, 4) is 0 Å². The van der Waals surface area contributed by atoms with Gasteiger partial charge in [0.15, 0.2) is 11.5 Å². The van der Waals surface area contributed by atoms with E-state index in [1.165, 1.54) is 48.9 Å². The number of carboxylic acid groups (broad SMARTS) is 2. The number of carbonyl (C=O) groups excluding carboxylic acids is 2. The van der Waals surface area contributed by atoms with E-state index in [9.17, 15) is 19.2 Å². The van der Waals surface area contributed by atoms with E-state index >= 15 is 0 Å². The Morgan fingerprint density at radius 2 is 0.973 bits per heavy atom. The number of carbonyl (C=O) groups is 4. The minimum atomic E-state index is -1.09. The Morgan fingerprint density at radius 3 is 1.30 bits per heavy atom. The number of carboxylic acids is 2. The van der Waals surface area contributed by atoms with Crippen molar-refractivity contribution in [1.82, 2.24) is 0 Å². The Morgan fingerprint density at radius 1 is 0.595 bits per heavy atom. The van der Waals surface area contributed by atoms with Gasteiger partial charge in [0, 0.05) is 17.1 Å². The third-order valence-corrected chi connectivity index (χ3v) is 4.44. The van der Waals surface area contributed by atoms with Crippen LogP contribution in [0.25, 0.3) is 0 Å². The fourth-order valence-corrected chi connectivity index (χ4v) is 2.76. The molecule has 0 atom stereocenters. The van der Waals surface area contributed by atoms with Crippen molar-refractivity contribution in [1.29, 1.82) is 0 Å². The molecule has 0 aliphatic carbocycles. The molecule has 2 aromatic carbocycles. The molecule has 0 bridgehead atoms. The molecule has 1 radical (unpaired) electrons. The monoisotopic (exact) mass is 549 g/mol. The summed E-state index contributed by atoms with van der Waals surface area (Å²) in [5, 5.41) is 17.9. The number of benzene rings is 2. The summed E-state index contributed by atoms with van der Waals surface area (Å²) in [6.07, 6.45) is 4.85. The van der Waals surface area contributed by atoms with E-state index < -0.39 is 23.5 Å². The van der Waals surface area contributed by atoms with E-state index in [-0.39, 0.29) is 51.1 Å². The summed E-state index contributed by atoms with van der Waals surface area (Å²) in [5.41, 5.74) is 0.539. The van der Waals surface area contributed by atoms with E-state index in [1.54, 1.807) is 36.4 Å². The van der Waals surface area contributed by atoms with Gasteiger partial charge in [-0.15, -0.1) is 0 Å². The van der Waals surface area contributed by atoms with Crippen molar-refractivity contribution in [2.45, 2.75) is 0 Å². The predicted octanol–water partition coefficient (Wildman–Crippen LogP) is 5.12. The second-order valence-electron chi connectivity index (χ2n) is 6.84. The van der Waals surface area contributed by atoms with Gasteiger partial charge in [-0.05, 0) is 48.5 Å². The first-order chi connectivity index (χ1) is 17.4. The number of rotatable bonds is 8. The van der Waals surface area contributed by atoms with E-state index in [2.05, 4.69) is 9.98 Å². The first-order valence-electron chi connectivity index (χ1n) is 10.2. The van der Waals surface area contributed by atoms with Gasteiger partial charge in [0.2, 0.25) is 11.6 Å². The summed E-state index contributed by atoms with van der Waals surface area (Å²) < 4.78 is 9.81. The Balaban J connectivity index is 0.000000253. The summed E-state index contributed by atoms with van der Waals surface area (Å²) in [6.45, 7) is 0. The Labute approximate surface area is 220 Å². The molecule has 0 aliphatic heterocycles. The summed E-state index contributed by atoms with van der Waals surface area (Å²) in [6, 6.07) is 18.6. The number of hydrogen-bond donors (Lipinski definition) is 2. The predicted molar refractivity (Wildman–Crippen MR) is 129 cm³/mol. The third kappa shape index (κ3) is 8.10. The van der Waals surface area contributed by atoms with Gasteiger partial charge in [0.05, 0.1) is 47.5 Å². The first kappa shape index (κ1) is 28.4. The number of aliphatic imine (C=N–C) groups is 2. The first-order valence-corrected chi connectivity index (χ1v) is 10.2. The fraction of sp³-hybridized carbons (Fsp3) is 0. The zero-order valence-electron chi connectivity index (χ0n) is 18.8.